The fraction of sp³-hybridized carbons (Fsp3) is 0.129. The number of rotatable bonds is 6. The number of amides is 2. The zero-order valence-corrected chi connectivity index (χ0v) is 23.8. The molecular weight excluding hydrogens is 627 g/mol. The Morgan fingerprint density at radius 3 is 2.33 bits per heavy atom. The van der Waals surface area contributed by atoms with Gasteiger partial charge >= 0.3 is 5.97 Å². The molecule has 8 heteroatoms. The molecule has 2 unspecified atom stereocenters. The van der Waals surface area contributed by atoms with E-state index in [2.05, 4.69) is 22.6 Å². The van der Waals surface area contributed by atoms with Gasteiger partial charge in [0.2, 0.25) is 0 Å². The van der Waals surface area contributed by atoms with Gasteiger partial charge in [0.15, 0.2) is 6.04 Å². The highest BCUT2D eigenvalue weighted by atomic mass is 127. The average Bonchev–Trinajstić information content (AvgIpc) is 2.99. The van der Waals surface area contributed by atoms with E-state index in [1.165, 1.54) is 4.90 Å². The predicted octanol–water partition coefficient (Wildman–Crippen LogP) is 6.81. The van der Waals surface area contributed by atoms with Gasteiger partial charge in [-0.1, -0.05) is 83.9 Å². The van der Waals surface area contributed by atoms with Crippen LogP contribution in [0.4, 0.5) is 5.69 Å². The Balaban J connectivity index is 1.76. The maximum atomic E-state index is 14.6. The van der Waals surface area contributed by atoms with Gasteiger partial charge in [-0.2, -0.15) is 0 Å². The number of aliphatic carboxylic acids is 1. The summed E-state index contributed by atoms with van der Waals surface area (Å²) in [6.45, 7) is 2.19. The molecule has 1 aliphatic heterocycles. The molecule has 196 valence electrons. The number of nitrogens with zero attached hydrogens (tertiary/aromatic N) is 2. The second kappa shape index (κ2) is 11.2. The molecule has 0 spiro atoms. The first-order valence-corrected chi connectivity index (χ1v) is 13.7. The highest BCUT2D eigenvalue weighted by Crippen LogP contribution is 2.41. The second-order valence-electron chi connectivity index (χ2n) is 9.39. The number of carbonyl (C=O) groups excluding carboxylic acids is 2. The molecule has 1 aliphatic rings. The summed E-state index contributed by atoms with van der Waals surface area (Å²) in [7, 11) is 0. The van der Waals surface area contributed by atoms with E-state index in [0.717, 1.165) is 14.7 Å². The molecule has 2 atom stereocenters. The minimum Gasteiger partial charge on any atom is -0.479 e. The van der Waals surface area contributed by atoms with Crippen LogP contribution in [0.15, 0.2) is 97.1 Å². The van der Waals surface area contributed by atoms with E-state index in [1.54, 1.807) is 71.6 Å². The largest absolute Gasteiger partial charge is 0.479 e. The Bertz CT molecular complexity index is 1560. The Hall–Kier alpha value is -3.69. The monoisotopic (exact) mass is 650 g/mol. The highest BCUT2D eigenvalue weighted by molar-refractivity contribution is 14.1. The molecule has 4 aromatic carbocycles. The van der Waals surface area contributed by atoms with Gasteiger partial charge in [-0.05, 0) is 76.5 Å². The van der Waals surface area contributed by atoms with Crippen molar-refractivity contribution in [3.05, 3.63) is 133 Å². The molecule has 0 saturated heterocycles. The lowest BCUT2D eigenvalue weighted by atomic mass is 9.97. The number of halogens is 2. The normalized spacial score (nSPS) is 16.0. The van der Waals surface area contributed by atoms with Gasteiger partial charge in [0.1, 0.15) is 6.04 Å². The smallest absolute Gasteiger partial charge is 0.331 e. The van der Waals surface area contributed by atoms with Crippen LogP contribution in [-0.2, 0) is 16.1 Å². The van der Waals surface area contributed by atoms with Crippen LogP contribution in [0, 0.1) is 10.5 Å². The molecule has 0 bridgehead atoms. The Labute approximate surface area is 245 Å². The van der Waals surface area contributed by atoms with E-state index >= 15 is 0 Å². The lowest BCUT2D eigenvalue weighted by Gasteiger charge is -2.35. The standard InChI is InChI=1S/C31H24ClIN2O4/c1-19-6-5-7-20(16-19)18-34-26-15-14-24(33)17-25(26)29(36)35(28(31(38)39)21-8-3-2-4-9-21)27(30(34)37)22-10-12-23(32)13-11-22/h2-17,27-28H,18H2,1H3,(H,38,39). The number of anilines is 1. The van der Waals surface area contributed by atoms with E-state index < -0.39 is 29.9 Å². The van der Waals surface area contributed by atoms with Crippen LogP contribution in [0.2, 0.25) is 5.02 Å². The number of carboxylic acids is 1. The zero-order chi connectivity index (χ0) is 27.7. The Morgan fingerprint density at radius 1 is 0.949 bits per heavy atom. The first kappa shape index (κ1) is 26.9. The molecule has 2 amide bonds. The number of carboxylic acid groups (broad SMARTS) is 1. The molecule has 5 rings (SSSR count). The van der Waals surface area contributed by atoms with Crippen LogP contribution in [-0.4, -0.2) is 27.8 Å². The fourth-order valence-electron chi connectivity index (χ4n) is 4.98. The first-order valence-electron chi connectivity index (χ1n) is 12.3. The predicted molar refractivity (Wildman–Crippen MR) is 159 cm³/mol. The maximum Gasteiger partial charge on any atom is 0.331 e. The molecule has 0 fully saturated rings. The van der Waals surface area contributed by atoms with Gasteiger partial charge in [-0.25, -0.2) is 4.79 Å². The summed E-state index contributed by atoms with van der Waals surface area (Å²) in [4.78, 5) is 44.6. The number of hydrogen-bond acceptors (Lipinski definition) is 3. The summed E-state index contributed by atoms with van der Waals surface area (Å²) in [6, 6.07) is 25.6. The average molecular weight is 651 g/mol. The summed E-state index contributed by atoms with van der Waals surface area (Å²) >= 11 is 8.28. The number of fused-ring (bicyclic) bond motifs is 1. The summed E-state index contributed by atoms with van der Waals surface area (Å²) in [5.41, 5.74) is 3.49. The molecule has 0 saturated carbocycles. The van der Waals surface area contributed by atoms with Gasteiger partial charge in [-0.3, -0.25) is 9.59 Å². The van der Waals surface area contributed by atoms with Crippen LogP contribution in [0.3, 0.4) is 0 Å². The van der Waals surface area contributed by atoms with E-state index in [9.17, 15) is 19.5 Å². The van der Waals surface area contributed by atoms with Crippen molar-refractivity contribution in [3.8, 4) is 0 Å². The van der Waals surface area contributed by atoms with Gasteiger partial charge in [-0.15, -0.1) is 0 Å². The summed E-state index contributed by atoms with van der Waals surface area (Å²) in [5.74, 6) is -2.19. The second-order valence-corrected chi connectivity index (χ2v) is 11.1. The summed E-state index contributed by atoms with van der Waals surface area (Å²) in [5, 5.41) is 10.9. The van der Waals surface area contributed by atoms with E-state index in [0.29, 0.717) is 21.8 Å². The van der Waals surface area contributed by atoms with Gasteiger partial charge in [0.25, 0.3) is 11.8 Å². The van der Waals surface area contributed by atoms with Crippen molar-refractivity contribution >= 4 is 57.7 Å². The van der Waals surface area contributed by atoms with Gasteiger partial charge < -0.3 is 14.9 Å². The van der Waals surface area contributed by atoms with Crippen molar-refractivity contribution in [2.24, 2.45) is 0 Å². The molecule has 0 radical (unpaired) electrons. The van der Waals surface area contributed by atoms with Gasteiger partial charge in [0, 0.05) is 8.59 Å². The van der Waals surface area contributed by atoms with Crippen LogP contribution >= 0.6 is 34.2 Å². The van der Waals surface area contributed by atoms with Crippen molar-refractivity contribution in [1.29, 1.82) is 0 Å². The lowest BCUT2D eigenvalue weighted by Crippen LogP contribution is -2.46. The molecule has 1 heterocycles. The topological polar surface area (TPSA) is 77.9 Å². The van der Waals surface area contributed by atoms with Crippen LogP contribution in [0.1, 0.15) is 44.7 Å². The summed E-state index contributed by atoms with van der Waals surface area (Å²) < 4.78 is 0.791. The first-order chi connectivity index (χ1) is 18.7. The third kappa shape index (κ3) is 5.42. The van der Waals surface area contributed by atoms with Crippen LogP contribution < -0.4 is 4.90 Å². The maximum absolute atomic E-state index is 14.6. The number of hydrogen-bond donors (Lipinski definition) is 1. The number of aryl methyl sites for hydroxylation is 1. The minimum absolute atomic E-state index is 0.211. The number of benzene rings is 4. The van der Waals surface area contributed by atoms with Crippen molar-refractivity contribution in [2.75, 3.05) is 4.90 Å². The van der Waals surface area contributed by atoms with E-state index in [1.807, 2.05) is 37.3 Å². The zero-order valence-electron chi connectivity index (χ0n) is 20.9. The van der Waals surface area contributed by atoms with Crippen molar-refractivity contribution in [2.45, 2.75) is 25.6 Å². The molecule has 4 aromatic rings. The quantitative estimate of drug-likeness (QED) is 0.233. The molecule has 1 N–H and O–H groups in total. The van der Waals surface area contributed by atoms with Gasteiger partial charge in [0.05, 0.1) is 17.8 Å². The van der Waals surface area contributed by atoms with Crippen LogP contribution in [0.25, 0.3) is 0 Å². The number of carbonyl (C=O) groups is 3. The molecule has 0 aromatic heterocycles. The molecule has 6 nitrogen and oxygen atoms in total. The third-order valence-corrected chi connectivity index (χ3v) is 7.65. The molecule has 0 aliphatic carbocycles. The Kier molecular flexibility index (Phi) is 7.72. The highest BCUT2D eigenvalue weighted by Gasteiger charge is 2.46. The van der Waals surface area contributed by atoms with Crippen molar-refractivity contribution in [3.63, 3.8) is 0 Å². The van der Waals surface area contributed by atoms with E-state index in [4.69, 9.17) is 11.6 Å². The summed E-state index contributed by atoms with van der Waals surface area (Å²) in [6.07, 6.45) is 0. The Morgan fingerprint density at radius 2 is 1.67 bits per heavy atom. The molecular formula is C31H24ClIN2O4. The fourth-order valence-corrected chi connectivity index (χ4v) is 5.60. The lowest BCUT2D eigenvalue weighted by molar-refractivity contribution is -0.144. The minimum atomic E-state index is -1.41. The third-order valence-electron chi connectivity index (χ3n) is 6.73. The SMILES string of the molecule is Cc1cccc(CN2C(=O)C(c3ccc(Cl)cc3)N(C(C(=O)O)c3ccccc3)C(=O)c3cc(I)ccc32)c1. The van der Waals surface area contributed by atoms with Crippen molar-refractivity contribution < 1.29 is 19.5 Å². The molecule has 39 heavy (non-hydrogen) atoms. The van der Waals surface area contributed by atoms with E-state index in [-0.39, 0.29) is 12.1 Å². The van der Waals surface area contributed by atoms with Crippen molar-refractivity contribution in [1.82, 2.24) is 4.90 Å². The van der Waals surface area contributed by atoms with Crippen LogP contribution in [0.5, 0.6) is 0 Å².